The van der Waals surface area contributed by atoms with Gasteiger partial charge in [-0.1, -0.05) is 6.92 Å². The Hall–Kier alpha value is -2.18. The zero-order chi connectivity index (χ0) is 13.1. The van der Waals surface area contributed by atoms with E-state index in [4.69, 9.17) is 0 Å². The Morgan fingerprint density at radius 2 is 2.11 bits per heavy atom. The molecule has 0 unspecified atom stereocenters. The molecular formula is C11H14N6O. The van der Waals surface area contributed by atoms with Gasteiger partial charge in [0.25, 0.3) is 0 Å². The number of tetrazole rings is 1. The number of aromatic nitrogens is 6. The number of hydrogen-bond acceptors (Lipinski definition) is 6. The van der Waals surface area contributed by atoms with Crippen LogP contribution in [0.4, 0.5) is 0 Å². The van der Waals surface area contributed by atoms with E-state index >= 15 is 0 Å². The van der Waals surface area contributed by atoms with Crippen molar-refractivity contribution in [2.24, 2.45) is 7.05 Å². The highest BCUT2D eigenvalue weighted by atomic mass is 16.1. The highest BCUT2D eigenvalue weighted by molar-refractivity contribution is 5.98. The normalized spacial score (nSPS) is 10.6. The van der Waals surface area contributed by atoms with Gasteiger partial charge in [0.15, 0.2) is 11.6 Å². The van der Waals surface area contributed by atoms with E-state index in [9.17, 15) is 4.79 Å². The summed E-state index contributed by atoms with van der Waals surface area (Å²) in [6, 6.07) is 1.75. The molecule has 0 N–H and O–H groups in total. The maximum Gasteiger partial charge on any atom is 0.182 e. The molecule has 0 bridgehead atoms. The third kappa shape index (κ3) is 2.55. The van der Waals surface area contributed by atoms with Crippen LogP contribution in [0.2, 0.25) is 0 Å². The van der Waals surface area contributed by atoms with Gasteiger partial charge in [-0.25, -0.2) is 0 Å². The van der Waals surface area contributed by atoms with E-state index in [0.29, 0.717) is 23.5 Å². The van der Waals surface area contributed by atoms with Gasteiger partial charge in [0.05, 0.1) is 24.9 Å². The van der Waals surface area contributed by atoms with Crippen LogP contribution in [-0.2, 0) is 19.9 Å². The second kappa shape index (κ2) is 4.99. The SMILES string of the molecule is CCc1nnc(C)cc1C(=O)Cc1nnn(C)n1. The number of Topliss-reactive ketones (excluding diaryl/α,β-unsaturated/α-hetero) is 1. The van der Waals surface area contributed by atoms with Crippen LogP contribution in [0.15, 0.2) is 6.07 Å². The maximum absolute atomic E-state index is 12.2. The Morgan fingerprint density at radius 1 is 1.33 bits per heavy atom. The minimum Gasteiger partial charge on any atom is -0.294 e. The molecule has 0 amide bonds. The van der Waals surface area contributed by atoms with Crippen molar-refractivity contribution < 1.29 is 4.79 Å². The zero-order valence-electron chi connectivity index (χ0n) is 10.6. The van der Waals surface area contributed by atoms with Crippen LogP contribution in [-0.4, -0.2) is 36.2 Å². The van der Waals surface area contributed by atoms with E-state index in [1.165, 1.54) is 4.80 Å². The van der Waals surface area contributed by atoms with Crippen molar-refractivity contribution >= 4 is 5.78 Å². The molecule has 2 aromatic rings. The molecule has 0 aliphatic carbocycles. The molecule has 0 saturated carbocycles. The summed E-state index contributed by atoms with van der Waals surface area (Å²) in [5.41, 5.74) is 2.02. The predicted molar refractivity (Wildman–Crippen MR) is 63.0 cm³/mol. The summed E-state index contributed by atoms with van der Waals surface area (Å²) in [5, 5.41) is 19.5. The van der Waals surface area contributed by atoms with E-state index in [1.54, 1.807) is 13.1 Å². The summed E-state index contributed by atoms with van der Waals surface area (Å²) in [7, 11) is 1.66. The van der Waals surface area contributed by atoms with Crippen molar-refractivity contribution in [3.8, 4) is 0 Å². The average molecular weight is 246 g/mol. The van der Waals surface area contributed by atoms with Crippen LogP contribution in [0.5, 0.6) is 0 Å². The lowest BCUT2D eigenvalue weighted by Crippen LogP contribution is -2.11. The summed E-state index contributed by atoms with van der Waals surface area (Å²) in [6.45, 7) is 3.75. The third-order valence-electron chi connectivity index (χ3n) is 2.50. The molecule has 7 nitrogen and oxygen atoms in total. The largest absolute Gasteiger partial charge is 0.294 e. The van der Waals surface area contributed by atoms with E-state index in [1.807, 2.05) is 13.8 Å². The molecule has 0 saturated heterocycles. The van der Waals surface area contributed by atoms with Crippen molar-refractivity contribution in [3.05, 3.63) is 28.8 Å². The molecular weight excluding hydrogens is 232 g/mol. The second-order valence-electron chi connectivity index (χ2n) is 3.99. The maximum atomic E-state index is 12.2. The Labute approximate surface area is 104 Å². The summed E-state index contributed by atoms with van der Waals surface area (Å²) < 4.78 is 0. The molecule has 0 fully saturated rings. The molecule has 94 valence electrons. The van der Waals surface area contributed by atoms with Crippen LogP contribution in [0.3, 0.4) is 0 Å². The summed E-state index contributed by atoms with van der Waals surface area (Å²) >= 11 is 0. The first-order valence-corrected chi connectivity index (χ1v) is 5.69. The third-order valence-corrected chi connectivity index (χ3v) is 2.50. The molecule has 2 aromatic heterocycles. The van der Waals surface area contributed by atoms with Gasteiger partial charge >= 0.3 is 0 Å². The van der Waals surface area contributed by atoms with Gasteiger partial charge in [0, 0.05) is 5.56 Å². The molecule has 0 aromatic carbocycles. The van der Waals surface area contributed by atoms with Gasteiger partial charge in [-0.05, 0) is 24.6 Å². The van der Waals surface area contributed by atoms with Gasteiger partial charge in [0.1, 0.15) is 0 Å². The van der Waals surface area contributed by atoms with E-state index in [2.05, 4.69) is 25.6 Å². The van der Waals surface area contributed by atoms with Crippen LogP contribution in [0.25, 0.3) is 0 Å². The molecule has 18 heavy (non-hydrogen) atoms. The van der Waals surface area contributed by atoms with Crippen LogP contribution >= 0.6 is 0 Å². The molecule has 0 aliphatic rings. The molecule has 2 rings (SSSR count). The quantitative estimate of drug-likeness (QED) is 0.721. The lowest BCUT2D eigenvalue weighted by atomic mass is 10.0. The topological polar surface area (TPSA) is 86.5 Å². The van der Waals surface area contributed by atoms with Crippen LogP contribution in [0, 0.1) is 6.92 Å². The van der Waals surface area contributed by atoms with Crippen LogP contribution < -0.4 is 0 Å². The molecule has 0 atom stereocenters. The number of carbonyl (C=O) groups excluding carboxylic acids is 1. The molecule has 0 aliphatic heterocycles. The molecule has 0 spiro atoms. The van der Waals surface area contributed by atoms with Gasteiger partial charge < -0.3 is 0 Å². The smallest absolute Gasteiger partial charge is 0.182 e. The first-order chi connectivity index (χ1) is 8.60. The fourth-order valence-electron chi connectivity index (χ4n) is 1.65. The van der Waals surface area contributed by atoms with Crippen molar-refractivity contribution in [1.29, 1.82) is 0 Å². The molecule has 0 radical (unpaired) electrons. The Kier molecular flexibility index (Phi) is 3.40. The van der Waals surface area contributed by atoms with Crippen molar-refractivity contribution in [2.75, 3.05) is 0 Å². The Bertz CT molecular complexity index is 577. The van der Waals surface area contributed by atoms with Gasteiger partial charge in [-0.3, -0.25) is 4.79 Å². The Morgan fingerprint density at radius 3 is 2.72 bits per heavy atom. The summed E-state index contributed by atoms with van der Waals surface area (Å²) in [6.07, 6.45) is 0.800. The number of rotatable bonds is 4. The first kappa shape index (κ1) is 12.3. The summed E-state index contributed by atoms with van der Waals surface area (Å²) in [5.74, 6) is 0.358. The average Bonchev–Trinajstić information content (AvgIpc) is 2.74. The van der Waals surface area contributed by atoms with E-state index in [0.717, 1.165) is 5.69 Å². The first-order valence-electron chi connectivity index (χ1n) is 5.69. The van der Waals surface area contributed by atoms with E-state index < -0.39 is 0 Å². The minimum absolute atomic E-state index is 0.0575. The summed E-state index contributed by atoms with van der Waals surface area (Å²) in [4.78, 5) is 13.5. The van der Waals surface area contributed by atoms with Gasteiger partial charge in [-0.15, -0.1) is 10.2 Å². The van der Waals surface area contributed by atoms with Crippen LogP contribution in [0.1, 0.15) is 34.5 Å². The highest BCUT2D eigenvalue weighted by Crippen LogP contribution is 2.10. The number of ketones is 1. The molecule has 7 heteroatoms. The van der Waals surface area contributed by atoms with Gasteiger partial charge in [-0.2, -0.15) is 15.0 Å². The Balaban J connectivity index is 2.25. The van der Waals surface area contributed by atoms with Crippen molar-refractivity contribution in [1.82, 2.24) is 30.4 Å². The standard InChI is InChI=1S/C11H14N6O/c1-4-9-8(5-7(2)12-13-9)10(18)6-11-14-16-17(3)15-11/h5H,4,6H2,1-3H3. The number of aryl methyl sites for hydroxylation is 3. The minimum atomic E-state index is -0.0575. The zero-order valence-corrected chi connectivity index (χ0v) is 10.6. The fraction of sp³-hybridized carbons (Fsp3) is 0.455. The second-order valence-corrected chi connectivity index (χ2v) is 3.99. The number of hydrogen-bond donors (Lipinski definition) is 0. The molecule has 2 heterocycles. The van der Waals surface area contributed by atoms with Crippen molar-refractivity contribution in [2.45, 2.75) is 26.7 Å². The highest BCUT2D eigenvalue weighted by Gasteiger charge is 2.15. The predicted octanol–water partition coefficient (Wildman–Crippen LogP) is 0.296. The van der Waals surface area contributed by atoms with Gasteiger partial charge in [0.2, 0.25) is 0 Å². The monoisotopic (exact) mass is 246 g/mol. The number of carbonyl (C=O) groups is 1. The van der Waals surface area contributed by atoms with E-state index in [-0.39, 0.29) is 12.2 Å². The van der Waals surface area contributed by atoms with Crippen molar-refractivity contribution in [3.63, 3.8) is 0 Å². The fourth-order valence-corrected chi connectivity index (χ4v) is 1.65. The number of nitrogens with zero attached hydrogens (tertiary/aromatic N) is 6. The lowest BCUT2D eigenvalue weighted by Gasteiger charge is -2.04. The lowest BCUT2D eigenvalue weighted by molar-refractivity contribution is 0.0989.